The van der Waals surface area contributed by atoms with Crippen LogP contribution in [0, 0.1) is 32.0 Å². The van der Waals surface area contributed by atoms with Crippen molar-refractivity contribution in [2.75, 3.05) is 23.7 Å². The molecule has 8 heteroatoms. The minimum atomic E-state index is -0.481. The number of aromatic nitrogens is 3. The molecule has 36 heavy (non-hydrogen) atoms. The summed E-state index contributed by atoms with van der Waals surface area (Å²) in [5, 5.41) is 9.42. The summed E-state index contributed by atoms with van der Waals surface area (Å²) in [6, 6.07) is 4.62. The Morgan fingerprint density at radius 2 is 1.83 bits per heavy atom. The van der Waals surface area contributed by atoms with Crippen LogP contribution >= 0.6 is 0 Å². The van der Waals surface area contributed by atoms with Crippen molar-refractivity contribution in [3.05, 3.63) is 41.5 Å². The first-order chi connectivity index (χ1) is 17.4. The van der Waals surface area contributed by atoms with E-state index >= 15 is 0 Å². The highest BCUT2D eigenvalue weighted by atomic mass is 19.1. The molecule has 1 aromatic carbocycles. The Morgan fingerprint density at radius 3 is 2.61 bits per heavy atom. The van der Waals surface area contributed by atoms with E-state index in [4.69, 9.17) is 6.42 Å². The zero-order valence-electron chi connectivity index (χ0n) is 21.4. The second-order valence-electron chi connectivity index (χ2n) is 8.90. The molecule has 3 rings (SSSR count). The number of hydrogen-bond donors (Lipinski definition) is 3. The first-order valence-corrected chi connectivity index (χ1v) is 12.6. The fourth-order valence-corrected chi connectivity index (χ4v) is 3.94. The molecule has 0 aliphatic rings. The van der Waals surface area contributed by atoms with Crippen molar-refractivity contribution >= 4 is 28.7 Å². The lowest BCUT2D eigenvalue weighted by molar-refractivity contribution is 0.251. The summed E-state index contributed by atoms with van der Waals surface area (Å²) in [5.41, 5.74) is 3.83. The van der Waals surface area contributed by atoms with Gasteiger partial charge < -0.3 is 16.0 Å². The third-order valence-electron chi connectivity index (χ3n) is 5.96. The smallest absolute Gasteiger partial charge is 0.319 e. The number of carbonyl (C=O) groups is 1. The standard InChI is InChI=1S/C28H35FN6O/c1-5-7-9-11-13-30-27-32-18-21-16-23(20(4)33-26(21)35-27)22-17-25(24(29)15-19(22)3)34-28(36)31-14-12-10-8-6-2/h1,15-18H,6-14H2,2-4H3,(H2,31,34,36)(H,30,32,33,35). The van der Waals surface area contributed by atoms with Crippen LogP contribution in [0.2, 0.25) is 0 Å². The Kier molecular flexibility index (Phi) is 9.99. The van der Waals surface area contributed by atoms with Gasteiger partial charge in [0, 0.05) is 42.4 Å². The van der Waals surface area contributed by atoms with E-state index in [1.54, 1.807) is 12.3 Å². The van der Waals surface area contributed by atoms with Gasteiger partial charge in [0.15, 0.2) is 5.65 Å². The van der Waals surface area contributed by atoms with E-state index in [0.29, 0.717) is 18.1 Å². The number of hydrogen-bond acceptors (Lipinski definition) is 5. The number of terminal acetylenes is 1. The monoisotopic (exact) mass is 490 g/mol. The number of aryl methyl sites for hydroxylation is 2. The molecular weight excluding hydrogens is 455 g/mol. The van der Waals surface area contributed by atoms with Gasteiger partial charge in [-0.1, -0.05) is 26.2 Å². The van der Waals surface area contributed by atoms with Crippen molar-refractivity contribution in [1.29, 1.82) is 0 Å². The summed E-state index contributed by atoms with van der Waals surface area (Å²) >= 11 is 0. The molecule has 2 aromatic heterocycles. The van der Waals surface area contributed by atoms with Gasteiger partial charge in [-0.3, -0.25) is 0 Å². The Hall–Kier alpha value is -3.73. The number of halogens is 1. The van der Waals surface area contributed by atoms with E-state index in [1.807, 2.05) is 19.9 Å². The minimum Gasteiger partial charge on any atom is -0.354 e. The van der Waals surface area contributed by atoms with Gasteiger partial charge in [0.2, 0.25) is 5.95 Å². The van der Waals surface area contributed by atoms with Gasteiger partial charge in [-0.25, -0.2) is 19.2 Å². The summed E-state index contributed by atoms with van der Waals surface area (Å²) in [5.74, 6) is 2.68. The maximum absolute atomic E-state index is 14.7. The quantitative estimate of drug-likeness (QED) is 0.203. The molecular formula is C28H35FN6O. The van der Waals surface area contributed by atoms with Gasteiger partial charge in [-0.15, -0.1) is 12.3 Å². The lowest BCUT2D eigenvalue weighted by atomic mass is 9.97. The second-order valence-corrected chi connectivity index (χ2v) is 8.90. The average Bonchev–Trinajstić information content (AvgIpc) is 2.85. The summed E-state index contributed by atoms with van der Waals surface area (Å²) in [7, 11) is 0. The van der Waals surface area contributed by atoms with E-state index in [1.165, 1.54) is 6.07 Å². The number of benzene rings is 1. The predicted molar refractivity (Wildman–Crippen MR) is 145 cm³/mol. The molecule has 0 spiro atoms. The number of unbranched alkanes of at least 4 members (excludes halogenated alkanes) is 5. The second kappa shape index (κ2) is 13.4. The fourth-order valence-electron chi connectivity index (χ4n) is 3.94. The number of pyridine rings is 1. The van der Waals surface area contributed by atoms with Crippen LogP contribution < -0.4 is 16.0 Å². The third kappa shape index (κ3) is 7.38. The van der Waals surface area contributed by atoms with Crippen LogP contribution in [-0.4, -0.2) is 34.1 Å². The molecule has 190 valence electrons. The maximum Gasteiger partial charge on any atom is 0.319 e. The minimum absolute atomic E-state index is 0.127. The number of fused-ring (bicyclic) bond motifs is 1. The SMILES string of the molecule is C#CCCCCNc1ncc2cc(-c3cc(NC(=O)NCCCCCC)c(F)cc3C)c(C)nc2n1. The first-order valence-electron chi connectivity index (χ1n) is 12.6. The molecule has 3 aromatic rings. The van der Waals surface area contributed by atoms with Gasteiger partial charge in [0.25, 0.3) is 0 Å². The van der Waals surface area contributed by atoms with E-state index in [2.05, 4.69) is 43.7 Å². The molecule has 0 aliphatic carbocycles. The maximum atomic E-state index is 14.7. The summed E-state index contributed by atoms with van der Waals surface area (Å²) < 4.78 is 14.7. The third-order valence-corrected chi connectivity index (χ3v) is 5.96. The molecule has 7 nitrogen and oxygen atoms in total. The van der Waals surface area contributed by atoms with Crippen molar-refractivity contribution in [3.8, 4) is 23.5 Å². The van der Waals surface area contributed by atoms with Gasteiger partial charge >= 0.3 is 6.03 Å². The zero-order valence-corrected chi connectivity index (χ0v) is 21.4. The van der Waals surface area contributed by atoms with Crippen molar-refractivity contribution < 1.29 is 9.18 Å². The highest BCUT2D eigenvalue weighted by Crippen LogP contribution is 2.32. The summed E-state index contributed by atoms with van der Waals surface area (Å²) in [6.45, 7) is 7.16. The molecule has 0 radical (unpaired) electrons. The normalized spacial score (nSPS) is 10.8. The molecule has 0 aliphatic heterocycles. The molecule has 0 bridgehead atoms. The van der Waals surface area contributed by atoms with E-state index in [9.17, 15) is 9.18 Å². The number of nitrogens with zero attached hydrogens (tertiary/aromatic N) is 3. The molecule has 2 heterocycles. The van der Waals surface area contributed by atoms with E-state index < -0.39 is 11.8 Å². The molecule has 3 N–H and O–H groups in total. The van der Waals surface area contributed by atoms with Crippen molar-refractivity contribution in [1.82, 2.24) is 20.3 Å². The number of carbonyl (C=O) groups excluding carboxylic acids is 1. The highest BCUT2D eigenvalue weighted by Gasteiger charge is 2.15. The average molecular weight is 491 g/mol. The van der Waals surface area contributed by atoms with Gasteiger partial charge in [0.1, 0.15) is 5.82 Å². The van der Waals surface area contributed by atoms with Gasteiger partial charge in [-0.2, -0.15) is 4.98 Å². The number of rotatable bonds is 12. The number of amides is 2. The van der Waals surface area contributed by atoms with Crippen molar-refractivity contribution in [2.45, 2.75) is 65.7 Å². The van der Waals surface area contributed by atoms with Crippen LogP contribution in [0.3, 0.4) is 0 Å². The number of urea groups is 1. The first kappa shape index (κ1) is 26.9. The largest absolute Gasteiger partial charge is 0.354 e. The summed E-state index contributed by atoms with van der Waals surface area (Å²) in [4.78, 5) is 25.9. The fraction of sp³-hybridized carbons (Fsp3) is 0.429. The predicted octanol–water partition coefficient (Wildman–Crippen LogP) is 6.36. The molecule has 0 atom stereocenters. The Bertz CT molecular complexity index is 1240. The Balaban J connectivity index is 1.76. The molecule has 2 amide bonds. The molecule has 0 unspecified atom stereocenters. The topological polar surface area (TPSA) is 91.8 Å². The van der Waals surface area contributed by atoms with Crippen LogP contribution in [0.4, 0.5) is 20.8 Å². The van der Waals surface area contributed by atoms with Crippen LogP contribution in [-0.2, 0) is 0 Å². The lowest BCUT2D eigenvalue weighted by Crippen LogP contribution is -2.29. The van der Waals surface area contributed by atoms with Gasteiger partial charge in [0.05, 0.1) is 5.69 Å². The number of nitrogens with one attached hydrogen (secondary N) is 3. The Morgan fingerprint density at radius 1 is 1.03 bits per heavy atom. The van der Waals surface area contributed by atoms with Crippen LogP contribution in [0.15, 0.2) is 24.4 Å². The van der Waals surface area contributed by atoms with Crippen molar-refractivity contribution in [3.63, 3.8) is 0 Å². The molecule has 0 saturated heterocycles. The zero-order chi connectivity index (χ0) is 25.9. The van der Waals surface area contributed by atoms with Crippen molar-refractivity contribution in [2.24, 2.45) is 0 Å². The van der Waals surface area contributed by atoms with Gasteiger partial charge in [-0.05, 0) is 62.4 Å². The van der Waals surface area contributed by atoms with Crippen LogP contribution in [0.5, 0.6) is 0 Å². The Labute approximate surface area is 212 Å². The molecule has 0 fully saturated rings. The van der Waals surface area contributed by atoms with E-state index in [0.717, 1.165) is 79.3 Å². The van der Waals surface area contributed by atoms with Crippen LogP contribution in [0.1, 0.15) is 63.1 Å². The number of anilines is 2. The molecule has 0 saturated carbocycles. The van der Waals surface area contributed by atoms with E-state index in [-0.39, 0.29) is 5.69 Å². The highest BCUT2D eigenvalue weighted by molar-refractivity contribution is 5.91. The van der Waals surface area contributed by atoms with Crippen LogP contribution in [0.25, 0.3) is 22.2 Å². The summed E-state index contributed by atoms with van der Waals surface area (Å²) in [6.07, 6.45) is 13.9. The lowest BCUT2D eigenvalue weighted by Gasteiger charge is -2.14.